The van der Waals surface area contributed by atoms with Crippen LogP contribution in [0.4, 0.5) is 5.69 Å². The molecule has 0 aliphatic carbocycles. The van der Waals surface area contributed by atoms with Gasteiger partial charge in [-0.3, -0.25) is 14.9 Å². The van der Waals surface area contributed by atoms with Crippen LogP contribution in [0.3, 0.4) is 0 Å². The van der Waals surface area contributed by atoms with Crippen molar-refractivity contribution in [3.63, 3.8) is 0 Å². The number of hydrogen-bond donors (Lipinski definition) is 1. The Bertz CT molecular complexity index is 809. The third kappa shape index (κ3) is 3.85. The van der Waals surface area contributed by atoms with E-state index in [9.17, 15) is 14.9 Å². The Morgan fingerprint density at radius 3 is 2.23 bits per heavy atom. The van der Waals surface area contributed by atoms with Crippen molar-refractivity contribution in [3.8, 4) is 17.2 Å². The number of ether oxygens (including phenoxy) is 3. The van der Waals surface area contributed by atoms with Gasteiger partial charge in [-0.15, -0.1) is 0 Å². The van der Waals surface area contributed by atoms with E-state index in [0.717, 1.165) is 5.56 Å². The largest absolute Gasteiger partial charge is 0.493 e. The molecule has 8 nitrogen and oxygen atoms in total. The second kappa shape index (κ2) is 8.19. The summed E-state index contributed by atoms with van der Waals surface area (Å²) in [5.41, 5.74) is 1.22. The van der Waals surface area contributed by atoms with Crippen molar-refractivity contribution >= 4 is 11.6 Å². The molecule has 0 aliphatic rings. The van der Waals surface area contributed by atoms with Gasteiger partial charge in [0.25, 0.3) is 11.6 Å². The van der Waals surface area contributed by atoms with Gasteiger partial charge in [0, 0.05) is 23.7 Å². The number of nitrogens with one attached hydrogen (secondary N) is 1. The average molecular weight is 360 g/mol. The molecule has 138 valence electrons. The first-order valence-corrected chi connectivity index (χ1v) is 7.74. The maximum atomic E-state index is 12.4. The van der Waals surface area contributed by atoms with Crippen LogP contribution in [0, 0.1) is 17.0 Å². The van der Waals surface area contributed by atoms with Crippen molar-refractivity contribution in [2.24, 2.45) is 0 Å². The minimum Gasteiger partial charge on any atom is -0.493 e. The van der Waals surface area contributed by atoms with Crippen LogP contribution in [0.5, 0.6) is 17.2 Å². The van der Waals surface area contributed by atoms with Crippen molar-refractivity contribution in [3.05, 3.63) is 57.1 Å². The lowest BCUT2D eigenvalue weighted by atomic mass is 10.1. The summed E-state index contributed by atoms with van der Waals surface area (Å²) < 4.78 is 15.8. The van der Waals surface area contributed by atoms with Gasteiger partial charge in [0.05, 0.1) is 26.3 Å². The van der Waals surface area contributed by atoms with Crippen LogP contribution < -0.4 is 19.5 Å². The van der Waals surface area contributed by atoms with Crippen LogP contribution >= 0.6 is 0 Å². The molecule has 0 bridgehead atoms. The molecular formula is C18H20N2O6. The lowest BCUT2D eigenvalue weighted by Crippen LogP contribution is -2.24. The Morgan fingerprint density at radius 2 is 1.73 bits per heavy atom. The van der Waals surface area contributed by atoms with E-state index in [-0.39, 0.29) is 17.8 Å². The topological polar surface area (TPSA) is 99.9 Å². The number of hydrogen-bond acceptors (Lipinski definition) is 6. The highest BCUT2D eigenvalue weighted by Gasteiger charge is 2.18. The maximum absolute atomic E-state index is 12.4. The molecule has 1 N–H and O–H groups in total. The molecule has 0 aliphatic heterocycles. The monoisotopic (exact) mass is 360 g/mol. The molecule has 2 aromatic carbocycles. The van der Waals surface area contributed by atoms with Crippen LogP contribution in [0.25, 0.3) is 0 Å². The second-order valence-electron chi connectivity index (χ2n) is 5.42. The summed E-state index contributed by atoms with van der Waals surface area (Å²) in [6.07, 6.45) is 0. The average Bonchev–Trinajstić information content (AvgIpc) is 2.64. The van der Waals surface area contributed by atoms with Crippen LogP contribution in [-0.4, -0.2) is 32.2 Å². The Hall–Kier alpha value is -3.29. The number of amides is 1. The number of rotatable bonds is 7. The van der Waals surface area contributed by atoms with Gasteiger partial charge in [0.1, 0.15) is 0 Å². The third-order valence-electron chi connectivity index (χ3n) is 3.92. The number of nitro groups is 1. The van der Waals surface area contributed by atoms with E-state index in [0.29, 0.717) is 22.8 Å². The molecule has 2 aromatic rings. The smallest absolute Gasteiger partial charge is 0.273 e. The SMILES string of the molecule is COc1cc(CNC(=O)c2cccc([N+](=O)[O-])c2C)cc(OC)c1OC. The minimum atomic E-state index is -0.509. The molecule has 0 unspecified atom stereocenters. The molecule has 0 saturated heterocycles. The van der Waals surface area contributed by atoms with Crippen LogP contribution in [0.1, 0.15) is 21.5 Å². The summed E-state index contributed by atoms with van der Waals surface area (Å²) in [7, 11) is 4.52. The summed E-state index contributed by atoms with van der Waals surface area (Å²) in [6, 6.07) is 7.85. The third-order valence-corrected chi connectivity index (χ3v) is 3.92. The Kier molecular flexibility index (Phi) is 6.00. The molecule has 2 rings (SSSR count). The fraction of sp³-hybridized carbons (Fsp3) is 0.278. The summed E-state index contributed by atoms with van der Waals surface area (Å²) in [5.74, 6) is 1.00. The molecule has 0 spiro atoms. The minimum absolute atomic E-state index is 0.0922. The Balaban J connectivity index is 2.23. The molecule has 0 radical (unpaired) electrons. The highest BCUT2D eigenvalue weighted by molar-refractivity contribution is 5.96. The summed E-state index contributed by atoms with van der Waals surface area (Å²) >= 11 is 0. The number of carbonyl (C=O) groups excluding carboxylic acids is 1. The molecule has 1 amide bonds. The van der Waals surface area contributed by atoms with Crippen molar-refractivity contribution in [1.29, 1.82) is 0 Å². The zero-order chi connectivity index (χ0) is 19.3. The highest BCUT2D eigenvalue weighted by Crippen LogP contribution is 2.38. The summed E-state index contributed by atoms with van der Waals surface area (Å²) in [6.45, 7) is 1.74. The number of carbonyl (C=O) groups is 1. The Labute approximate surface area is 150 Å². The Morgan fingerprint density at radius 1 is 1.12 bits per heavy atom. The predicted molar refractivity (Wildman–Crippen MR) is 95.1 cm³/mol. The number of methoxy groups -OCH3 is 3. The zero-order valence-corrected chi connectivity index (χ0v) is 15.0. The standard InChI is InChI=1S/C18H20N2O6/c1-11-13(6-5-7-14(11)20(22)23)18(21)19-10-12-8-15(24-2)17(26-4)16(9-12)25-3/h5-9H,10H2,1-4H3,(H,19,21). The van der Waals surface area contributed by atoms with Gasteiger partial charge in [-0.1, -0.05) is 6.07 Å². The number of nitro benzene ring substituents is 1. The maximum Gasteiger partial charge on any atom is 0.273 e. The summed E-state index contributed by atoms with van der Waals surface area (Å²) in [4.78, 5) is 22.9. The molecule has 0 heterocycles. The second-order valence-corrected chi connectivity index (χ2v) is 5.42. The molecular weight excluding hydrogens is 340 g/mol. The van der Waals surface area contributed by atoms with Gasteiger partial charge >= 0.3 is 0 Å². The fourth-order valence-corrected chi connectivity index (χ4v) is 2.58. The van der Waals surface area contributed by atoms with E-state index in [2.05, 4.69) is 5.32 Å². The first kappa shape index (κ1) is 19.0. The first-order valence-electron chi connectivity index (χ1n) is 7.74. The van der Waals surface area contributed by atoms with Gasteiger partial charge in [0.2, 0.25) is 5.75 Å². The van der Waals surface area contributed by atoms with Crippen molar-refractivity contribution in [1.82, 2.24) is 5.32 Å². The molecule has 0 aromatic heterocycles. The molecule has 0 fully saturated rings. The van der Waals surface area contributed by atoms with Crippen molar-refractivity contribution in [2.75, 3.05) is 21.3 Å². The van der Waals surface area contributed by atoms with Crippen molar-refractivity contribution in [2.45, 2.75) is 13.5 Å². The van der Waals surface area contributed by atoms with E-state index in [1.165, 1.54) is 33.5 Å². The fourth-order valence-electron chi connectivity index (χ4n) is 2.58. The summed E-state index contributed by atoms with van der Waals surface area (Å²) in [5, 5.41) is 13.8. The lowest BCUT2D eigenvalue weighted by molar-refractivity contribution is -0.385. The normalized spacial score (nSPS) is 10.2. The van der Waals surface area contributed by atoms with Crippen LogP contribution in [0.2, 0.25) is 0 Å². The first-order chi connectivity index (χ1) is 12.4. The van der Waals surface area contributed by atoms with Crippen LogP contribution in [-0.2, 0) is 6.54 Å². The van der Waals surface area contributed by atoms with Gasteiger partial charge < -0.3 is 19.5 Å². The molecule has 26 heavy (non-hydrogen) atoms. The molecule has 0 saturated carbocycles. The van der Waals surface area contributed by atoms with E-state index in [1.54, 1.807) is 25.1 Å². The quantitative estimate of drug-likeness (QED) is 0.602. The van der Waals surface area contributed by atoms with E-state index < -0.39 is 10.8 Å². The molecule has 8 heteroatoms. The van der Waals surface area contributed by atoms with E-state index >= 15 is 0 Å². The van der Waals surface area contributed by atoms with E-state index in [4.69, 9.17) is 14.2 Å². The van der Waals surface area contributed by atoms with Gasteiger partial charge in [0.15, 0.2) is 11.5 Å². The lowest BCUT2D eigenvalue weighted by Gasteiger charge is -2.14. The van der Waals surface area contributed by atoms with Crippen LogP contribution in [0.15, 0.2) is 30.3 Å². The highest BCUT2D eigenvalue weighted by atomic mass is 16.6. The number of benzene rings is 2. The van der Waals surface area contributed by atoms with Crippen molar-refractivity contribution < 1.29 is 23.9 Å². The number of nitrogens with zero attached hydrogens (tertiary/aromatic N) is 1. The molecule has 0 atom stereocenters. The van der Waals surface area contributed by atoms with E-state index in [1.807, 2.05) is 0 Å². The van der Waals surface area contributed by atoms with Gasteiger partial charge in [-0.05, 0) is 30.7 Å². The predicted octanol–water partition coefficient (Wildman–Crippen LogP) is 2.86. The van der Waals surface area contributed by atoms with Gasteiger partial charge in [-0.2, -0.15) is 0 Å². The zero-order valence-electron chi connectivity index (χ0n) is 15.0. The van der Waals surface area contributed by atoms with Gasteiger partial charge in [-0.25, -0.2) is 0 Å².